The zero-order valence-corrected chi connectivity index (χ0v) is 12.7. The molecule has 0 fully saturated rings. The molecule has 0 radical (unpaired) electrons. The molecule has 1 rings (SSSR count). The van der Waals surface area contributed by atoms with E-state index in [0.717, 1.165) is 22.9 Å². The third-order valence-corrected chi connectivity index (χ3v) is 2.45. The van der Waals surface area contributed by atoms with E-state index in [9.17, 15) is 0 Å². The lowest BCUT2D eigenvalue weighted by molar-refractivity contribution is 0.334. The first kappa shape index (κ1) is 17.5. The van der Waals surface area contributed by atoms with Gasteiger partial charge in [-0.2, -0.15) is 0 Å². The van der Waals surface area contributed by atoms with Crippen LogP contribution in [0.1, 0.15) is 26.3 Å². The van der Waals surface area contributed by atoms with Gasteiger partial charge >= 0.3 is 0 Å². The highest BCUT2D eigenvalue weighted by atomic mass is 35.5. The second kappa shape index (κ2) is 7.85. The summed E-state index contributed by atoms with van der Waals surface area (Å²) in [5.41, 5.74) is 6.75. The van der Waals surface area contributed by atoms with E-state index in [4.69, 9.17) is 22.1 Å². The van der Waals surface area contributed by atoms with Crippen LogP contribution in [0.3, 0.4) is 0 Å². The summed E-state index contributed by atoms with van der Waals surface area (Å²) >= 11 is 5.98. The Hall–Kier alpha value is -0.480. The molecule has 3 N–H and O–H groups in total. The van der Waals surface area contributed by atoms with Crippen LogP contribution in [0.5, 0.6) is 5.75 Å². The molecule has 0 atom stereocenters. The van der Waals surface area contributed by atoms with E-state index in [2.05, 4.69) is 5.32 Å². The zero-order chi connectivity index (χ0) is 12.9. The highest BCUT2D eigenvalue weighted by molar-refractivity contribution is 6.30. The SMILES string of the molecule is CCOc1ccc(Cl)cc1CNCC(C)(C)N.Cl. The van der Waals surface area contributed by atoms with Crippen molar-refractivity contribution in [1.29, 1.82) is 0 Å². The third kappa shape index (κ3) is 6.45. The second-order valence-corrected chi connectivity index (χ2v) is 5.21. The van der Waals surface area contributed by atoms with Gasteiger partial charge in [0.25, 0.3) is 0 Å². The average molecular weight is 293 g/mol. The lowest BCUT2D eigenvalue weighted by Crippen LogP contribution is -2.42. The number of hydrogen-bond acceptors (Lipinski definition) is 3. The fourth-order valence-corrected chi connectivity index (χ4v) is 1.70. The lowest BCUT2D eigenvalue weighted by Gasteiger charge is -2.19. The van der Waals surface area contributed by atoms with Crippen LogP contribution in [-0.4, -0.2) is 18.7 Å². The molecule has 1 aromatic carbocycles. The average Bonchev–Trinajstić information content (AvgIpc) is 2.20. The molecule has 0 unspecified atom stereocenters. The van der Waals surface area contributed by atoms with E-state index in [0.29, 0.717) is 13.2 Å². The molecule has 0 spiro atoms. The van der Waals surface area contributed by atoms with Gasteiger partial charge in [0.15, 0.2) is 0 Å². The maximum atomic E-state index is 5.98. The molecule has 0 saturated carbocycles. The topological polar surface area (TPSA) is 47.3 Å². The molecule has 18 heavy (non-hydrogen) atoms. The summed E-state index contributed by atoms with van der Waals surface area (Å²) in [5, 5.41) is 4.02. The Balaban J connectivity index is 0.00000289. The highest BCUT2D eigenvalue weighted by Crippen LogP contribution is 2.22. The molecule has 5 heteroatoms. The summed E-state index contributed by atoms with van der Waals surface area (Å²) in [6.45, 7) is 8.04. The van der Waals surface area contributed by atoms with Crippen LogP contribution in [0.15, 0.2) is 18.2 Å². The normalized spacial score (nSPS) is 10.9. The Morgan fingerprint density at radius 1 is 1.39 bits per heavy atom. The lowest BCUT2D eigenvalue weighted by atomic mass is 10.1. The molecular formula is C13H22Cl2N2O. The van der Waals surface area contributed by atoms with Gasteiger partial charge in [0.2, 0.25) is 0 Å². The van der Waals surface area contributed by atoms with E-state index in [1.165, 1.54) is 0 Å². The number of hydrogen-bond donors (Lipinski definition) is 2. The van der Waals surface area contributed by atoms with Gasteiger partial charge in [-0.25, -0.2) is 0 Å². The minimum absolute atomic E-state index is 0. The number of rotatable bonds is 6. The summed E-state index contributed by atoms with van der Waals surface area (Å²) in [5.74, 6) is 0.874. The van der Waals surface area contributed by atoms with Crippen molar-refractivity contribution < 1.29 is 4.74 Å². The van der Waals surface area contributed by atoms with Crippen LogP contribution in [-0.2, 0) is 6.54 Å². The van der Waals surface area contributed by atoms with Gasteiger partial charge in [-0.05, 0) is 39.0 Å². The van der Waals surface area contributed by atoms with Crippen LogP contribution in [0.2, 0.25) is 5.02 Å². The van der Waals surface area contributed by atoms with Crippen LogP contribution >= 0.6 is 24.0 Å². The van der Waals surface area contributed by atoms with E-state index in [1.807, 2.05) is 39.0 Å². The number of benzene rings is 1. The van der Waals surface area contributed by atoms with Crippen LogP contribution in [0, 0.1) is 0 Å². The monoisotopic (exact) mass is 292 g/mol. The van der Waals surface area contributed by atoms with E-state index in [1.54, 1.807) is 0 Å². The summed E-state index contributed by atoms with van der Waals surface area (Å²) in [6, 6.07) is 5.66. The predicted octanol–water partition coefficient (Wildman–Crippen LogP) is 2.99. The molecule has 0 amide bonds. The first-order chi connectivity index (χ1) is 7.92. The van der Waals surface area contributed by atoms with Gasteiger partial charge in [0.1, 0.15) is 5.75 Å². The minimum atomic E-state index is -0.218. The number of ether oxygens (including phenoxy) is 1. The maximum Gasteiger partial charge on any atom is 0.123 e. The van der Waals surface area contributed by atoms with Crippen LogP contribution in [0.4, 0.5) is 0 Å². The molecule has 0 aliphatic rings. The fourth-order valence-electron chi connectivity index (χ4n) is 1.50. The van der Waals surface area contributed by atoms with Crippen molar-refractivity contribution in [3.05, 3.63) is 28.8 Å². The van der Waals surface area contributed by atoms with Gasteiger partial charge in [-0.1, -0.05) is 11.6 Å². The first-order valence-corrected chi connectivity index (χ1v) is 6.21. The molecule has 0 heterocycles. The number of halogens is 2. The van der Waals surface area contributed by atoms with E-state index < -0.39 is 0 Å². The minimum Gasteiger partial charge on any atom is -0.494 e. The van der Waals surface area contributed by atoms with Crippen LogP contribution in [0.25, 0.3) is 0 Å². The molecule has 3 nitrogen and oxygen atoms in total. The Bertz CT molecular complexity index is 364. The van der Waals surface area contributed by atoms with Crippen molar-refractivity contribution in [2.24, 2.45) is 5.73 Å². The Labute approximate surface area is 120 Å². The van der Waals surface area contributed by atoms with Crippen molar-refractivity contribution >= 4 is 24.0 Å². The summed E-state index contributed by atoms with van der Waals surface area (Å²) in [7, 11) is 0. The standard InChI is InChI=1S/C13H21ClN2O.ClH/c1-4-17-12-6-5-11(14)7-10(12)8-16-9-13(2,3)15;/h5-7,16H,4,8-9,15H2,1-3H3;1H. The van der Waals surface area contributed by atoms with Crippen molar-refractivity contribution in [3.63, 3.8) is 0 Å². The smallest absolute Gasteiger partial charge is 0.123 e. The molecular weight excluding hydrogens is 271 g/mol. The van der Waals surface area contributed by atoms with Crippen molar-refractivity contribution in [1.82, 2.24) is 5.32 Å². The van der Waals surface area contributed by atoms with Gasteiger partial charge in [-0.3, -0.25) is 0 Å². The second-order valence-electron chi connectivity index (χ2n) is 4.78. The van der Waals surface area contributed by atoms with Crippen molar-refractivity contribution in [2.45, 2.75) is 32.9 Å². The Morgan fingerprint density at radius 2 is 2.06 bits per heavy atom. The van der Waals surface area contributed by atoms with E-state index in [-0.39, 0.29) is 17.9 Å². The number of nitrogens with one attached hydrogen (secondary N) is 1. The Morgan fingerprint density at radius 3 is 2.61 bits per heavy atom. The quantitative estimate of drug-likeness (QED) is 0.847. The third-order valence-electron chi connectivity index (χ3n) is 2.22. The van der Waals surface area contributed by atoms with Gasteiger partial charge in [0, 0.05) is 29.2 Å². The molecule has 1 aromatic rings. The maximum absolute atomic E-state index is 5.98. The highest BCUT2D eigenvalue weighted by Gasteiger charge is 2.10. The largest absolute Gasteiger partial charge is 0.494 e. The first-order valence-electron chi connectivity index (χ1n) is 5.83. The molecule has 104 valence electrons. The fraction of sp³-hybridized carbons (Fsp3) is 0.538. The van der Waals surface area contributed by atoms with Gasteiger partial charge in [0.05, 0.1) is 6.61 Å². The zero-order valence-electron chi connectivity index (χ0n) is 11.1. The van der Waals surface area contributed by atoms with E-state index >= 15 is 0 Å². The predicted molar refractivity (Wildman–Crippen MR) is 79.8 cm³/mol. The van der Waals surface area contributed by atoms with Crippen LogP contribution < -0.4 is 15.8 Å². The Kier molecular flexibility index (Phi) is 7.64. The molecule has 0 bridgehead atoms. The summed E-state index contributed by atoms with van der Waals surface area (Å²) < 4.78 is 5.54. The van der Waals surface area contributed by atoms with Crippen molar-refractivity contribution in [2.75, 3.05) is 13.2 Å². The number of nitrogens with two attached hydrogens (primary N) is 1. The molecule has 0 aliphatic heterocycles. The van der Waals surface area contributed by atoms with Gasteiger partial charge in [-0.15, -0.1) is 12.4 Å². The molecule has 0 aromatic heterocycles. The summed E-state index contributed by atoms with van der Waals surface area (Å²) in [6.07, 6.45) is 0. The summed E-state index contributed by atoms with van der Waals surface area (Å²) in [4.78, 5) is 0. The molecule has 0 aliphatic carbocycles. The van der Waals surface area contributed by atoms with Gasteiger partial charge < -0.3 is 15.8 Å². The van der Waals surface area contributed by atoms with Crippen molar-refractivity contribution in [3.8, 4) is 5.75 Å². The molecule has 0 saturated heterocycles.